The predicted octanol–water partition coefficient (Wildman–Crippen LogP) is 4.08. The molecular weight excluding hydrogens is 382 g/mol. The maximum atomic E-state index is 12.5. The molecule has 1 unspecified atom stereocenters. The quantitative estimate of drug-likeness (QED) is 0.703. The van der Waals surface area contributed by atoms with E-state index in [1.54, 1.807) is 6.20 Å². The lowest BCUT2D eigenvalue weighted by Gasteiger charge is -2.22. The van der Waals surface area contributed by atoms with Crippen LogP contribution in [0.5, 0.6) is 0 Å². The molecular formula is C19H28ClN5OS. The number of piperidine rings is 1. The molecule has 3 rings (SSSR count). The minimum absolute atomic E-state index is 0. The largest absolute Gasteiger partial charge is 0.320 e. The van der Waals surface area contributed by atoms with E-state index in [0.29, 0.717) is 17.0 Å². The van der Waals surface area contributed by atoms with Crippen LogP contribution in [-0.2, 0) is 0 Å². The van der Waals surface area contributed by atoms with E-state index in [-0.39, 0.29) is 18.3 Å². The number of thioether (sulfide) groups is 1. The third-order valence-electron chi connectivity index (χ3n) is 4.78. The molecule has 6 nitrogen and oxygen atoms in total. The van der Waals surface area contributed by atoms with Crippen molar-refractivity contribution in [2.45, 2.75) is 56.2 Å². The molecule has 1 aromatic carbocycles. The van der Waals surface area contributed by atoms with E-state index >= 15 is 0 Å². The van der Waals surface area contributed by atoms with Crippen LogP contribution in [0.1, 0.15) is 55.2 Å². The zero-order chi connectivity index (χ0) is 18.5. The number of aromatic nitrogens is 3. The second-order valence-electron chi connectivity index (χ2n) is 6.83. The molecule has 0 saturated carbocycles. The number of carbonyl (C=O) groups excluding carboxylic acids is 1. The summed E-state index contributed by atoms with van der Waals surface area (Å²) in [4.78, 5) is 13.8. The van der Waals surface area contributed by atoms with Crippen molar-refractivity contribution in [3.63, 3.8) is 0 Å². The topological polar surface area (TPSA) is 71.8 Å². The maximum Gasteiger partial charge on any atom is 0.277 e. The van der Waals surface area contributed by atoms with Gasteiger partial charge in [-0.05, 0) is 63.0 Å². The Bertz CT molecular complexity index is 760. The predicted molar refractivity (Wildman–Crippen MR) is 113 cm³/mol. The molecule has 1 amide bonds. The summed E-state index contributed by atoms with van der Waals surface area (Å²) >= 11 is 1.86. The molecule has 1 aromatic heterocycles. The highest BCUT2D eigenvalue weighted by molar-refractivity contribution is 7.99. The lowest BCUT2D eigenvalue weighted by atomic mass is 10.1. The summed E-state index contributed by atoms with van der Waals surface area (Å²) in [6.45, 7) is 8.39. The molecule has 0 aliphatic carbocycles. The number of aryl methyl sites for hydroxylation is 1. The van der Waals surface area contributed by atoms with Crippen molar-refractivity contribution in [3.05, 3.63) is 35.7 Å². The number of benzene rings is 1. The van der Waals surface area contributed by atoms with Gasteiger partial charge in [-0.25, -0.2) is 4.68 Å². The highest BCUT2D eigenvalue weighted by Gasteiger charge is 2.19. The van der Waals surface area contributed by atoms with Crippen LogP contribution >= 0.6 is 24.2 Å². The highest BCUT2D eigenvalue weighted by Crippen LogP contribution is 2.28. The minimum Gasteiger partial charge on any atom is -0.320 e. The maximum absolute atomic E-state index is 12.5. The molecule has 0 spiro atoms. The van der Waals surface area contributed by atoms with Gasteiger partial charge in [-0.15, -0.1) is 29.3 Å². The number of rotatable bonds is 6. The second-order valence-corrected chi connectivity index (χ2v) is 8.34. The molecule has 0 radical (unpaired) electrons. The fraction of sp³-hybridized carbons (Fsp3) is 0.526. The zero-order valence-electron chi connectivity index (χ0n) is 16.1. The first-order chi connectivity index (χ1) is 12.6. The number of hydrogen-bond donors (Lipinski definition) is 2. The Morgan fingerprint density at radius 2 is 2.15 bits per heavy atom. The minimum atomic E-state index is -0.212. The van der Waals surface area contributed by atoms with Gasteiger partial charge in [0.05, 0.1) is 12.2 Å². The summed E-state index contributed by atoms with van der Waals surface area (Å²) < 4.78 is 1.83. The van der Waals surface area contributed by atoms with Crippen LogP contribution in [-0.4, -0.2) is 39.2 Å². The van der Waals surface area contributed by atoms with E-state index in [1.807, 2.05) is 29.4 Å². The van der Waals surface area contributed by atoms with E-state index in [9.17, 15) is 4.79 Å². The van der Waals surface area contributed by atoms with Crippen molar-refractivity contribution in [1.82, 2.24) is 20.3 Å². The molecule has 1 saturated heterocycles. The average molecular weight is 410 g/mol. The van der Waals surface area contributed by atoms with E-state index < -0.39 is 0 Å². The van der Waals surface area contributed by atoms with Gasteiger partial charge < -0.3 is 10.6 Å². The van der Waals surface area contributed by atoms with E-state index in [4.69, 9.17) is 0 Å². The van der Waals surface area contributed by atoms with Gasteiger partial charge >= 0.3 is 0 Å². The van der Waals surface area contributed by atoms with Crippen LogP contribution in [0.4, 0.5) is 5.69 Å². The van der Waals surface area contributed by atoms with Gasteiger partial charge in [0.2, 0.25) is 0 Å². The van der Waals surface area contributed by atoms with E-state index in [1.165, 1.54) is 4.90 Å². The summed E-state index contributed by atoms with van der Waals surface area (Å²) in [5.41, 5.74) is 2.23. The first kappa shape index (κ1) is 21.7. The molecule has 1 atom stereocenters. The number of amides is 1. The van der Waals surface area contributed by atoms with Gasteiger partial charge in [-0.2, -0.15) is 0 Å². The molecule has 0 bridgehead atoms. The fourth-order valence-corrected chi connectivity index (χ4v) is 4.00. The van der Waals surface area contributed by atoms with Crippen molar-refractivity contribution in [2.24, 2.45) is 0 Å². The van der Waals surface area contributed by atoms with Gasteiger partial charge in [0.25, 0.3) is 5.91 Å². The smallest absolute Gasteiger partial charge is 0.277 e. The number of halogens is 1. The third kappa shape index (κ3) is 5.70. The Kier molecular flexibility index (Phi) is 8.13. The lowest BCUT2D eigenvalue weighted by molar-refractivity contribution is 0.102. The Hall–Kier alpha value is -1.57. The van der Waals surface area contributed by atoms with Crippen LogP contribution in [0.25, 0.3) is 0 Å². The monoisotopic (exact) mass is 409 g/mol. The van der Waals surface area contributed by atoms with Crippen LogP contribution in [0.15, 0.2) is 29.3 Å². The fourth-order valence-electron chi connectivity index (χ4n) is 2.98. The van der Waals surface area contributed by atoms with E-state index in [0.717, 1.165) is 43.6 Å². The zero-order valence-corrected chi connectivity index (χ0v) is 17.7. The number of carbonyl (C=O) groups is 1. The molecule has 2 aromatic rings. The Morgan fingerprint density at radius 1 is 1.41 bits per heavy atom. The van der Waals surface area contributed by atoms with Gasteiger partial charge in [-0.1, -0.05) is 19.1 Å². The number of nitrogens with zero attached hydrogens (tertiary/aromatic N) is 3. The molecule has 148 valence electrons. The summed E-state index contributed by atoms with van der Waals surface area (Å²) in [5.74, 6) is -0.212. The normalized spacial score (nSPS) is 15.8. The van der Waals surface area contributed by atoms with Crippen LogP contribution in [0.3, 0.4) is 0 Å². The average Bonchev–Trinajstić information content (AvgIpc) is 3.15. The summed E-state index contributed by atoms with van der Waals surface area (Å²) in [6.07, 6.45) is 4.92. The SMILES string of the molecule is CCC(C)Sc1ccc(NC(=O)c2cn(C3CCNCC3)nn2)c(C)c1.Cl. The van der Waals surface area contributed by atoms with Crippen molar-refractivity contribution in [3.8, 4) is 0 Å². The molecule has 2 N–H and O–H groups in total. The molecule has 27 heavy (non-hydrogen) atoms. The summed E-state index contributed by atoms with van der Waals surface area (Å²) in [6, 6.07) is 6.47. The molecule has 8 heteroatoms. The Labute approximate surface area is 171 Å². The van der Waals surface area contributed by atoms with Gasteiger partial charge in [0, 0.05) is 15.8 Å². The lowest BCUT2D eigenvalue weighted by Crippen LogP contribution is -2.29. The molecule has 1 aliphatic rings. The van der Waals surface area contributed by atoms with Crippen molar-refractivity contribution in [2.75, 3.05) is 18.4 Å². The van der Waals surface area contributed by atoms with Crippen LogP contribution < -0.4 is 10.6 Å². The van der Waals surface area contributed by atoms with Crippen LogP contribution in [0.2, 0.25) is 0 Å². The van der Waals surface area contributed by atoms with Crippen molar-refractivity contribution >= 4 is 35.8 Å². The molecule has 2 heterocycles. The Morgan fingerprint density at radius 3 is 2.81 bits per heavy atom. The number of hydrogen-bond acceptors (Lipinski definition) is 5. The Balaban J connectivity index is 0.00000261. The number of nitrogens with one attached hydrogen (secondary N) is 2. The van der Waals surface area contributed by atoms with Crippen molar-refractivity contribution < 1.29 is 4.79 Å². The second kappa shape index (κ2) is 10.1. The summed E-state index contributed by atoms with van der Waals surface area (Å²) in [5, 5.41) is 15.1. The first-order valence-electron chi connectivity index (χ1n) is 9.28. The highest BCUT2D eigenvalue weighted by atomic mass is 35.5. The summed E-state index contributed by atoms with van der Waals surface area (Å²) in [7, 11) is 0. The molecule has 1 aliphatic heterocycles. The standard InChI is InChI=1S/C19H27N5OS.ClH/c1-4-14(3)26-16-5-6-17(13(2)11-16)21-19(25)18-12-24(23-22-18)15-7-9-20-10-8-15;/h5-6,11-12,14-15,20H,4,7-10H2,1-3H3,(H,21,25);1H. The van der Waals surface area contributed by atoms with Crippen molar-refractivity contribution in [1.29, 1.82) is 0 Å². The third-order valence-corrected chi connectivity index (χ3v) is 6.05. The van der Waals surface area contributed by atoms with Gasteiger partial charge in [0.15, 0.2) is 5.69 Å². The van der Waals surface area contributed by atoms with E-state index in [2.05, 4.69) is 46.9 Å². The first-order valence-corrected chi connectivity index (χ1v) is 10.2. The van der Waals surface area contributed by atoms with Gasteiger partial charge in [0.1, 0.15) is 0 Å². The molecule has 1 fully saturated rings. The van der Waals surface area contributed by atoms with Gasteiger partial charge in [-0.3, -0.25) is 4.79 Å². The van der Waals surface area contributed by atoms with Crippen LogP contribution in [0, 0.1) is 6.92 Å². The number of anilines is 1.